The SMILES string of the molecule is O=C([O-])CC(O)(CC(=O)[O-])C(=O)[O-].O=C([O-])CC(O)(CC(=O)[O-])C(=O)[O-].[H-].[H-].[H-].[K+].[K+].[K+].[Mg+2].[Mg+2].[Mg+2]. The Labute approximate surface area is 361 Å². The number of rotatable bonds is 10. The van der Waals surface area contributed by atoms with E-state index in [-0.39, 0.29) is 228 Å². The fourth-order valence-electron chi connectivity index (χ4n) is 1.37. The van der Waals surface area contributed by atoms with E-state index in [0.29, 0.717) is 0 Å². The van der Waals surface area contributed by atoms with Gasteiger partial charge in [0.15, 0.2) is 0 Å². The summed E-state index contributed by atoms with van der Waals surface area (Å²) in [4.78, 5) is 60.0. The van der Waals surface area contributed by atoms with E-state index in [4.69, 9.17) is 10.2 Å². The molecule has 0 atom stereocenters. The van der Waals surface area contributed by atoms with Crippen LogP contribution in [0.2, 0.25) is 0 Å². The molecular weight excluding hydrogens is 558 g/mol. The second-order valence-corrected chi connectivity index (χ2v) is 4.83. The molecule has 0 saturated heterocycles. The summed E-state index contributed by atoms with van der Waals surface area (Å²) in [5.74, 6) is -12.0. The number of carbonyl (C=O) groups is 6. The quantitative estimate of drug-likeness (QED) is 0.230. The van der Waals surface area contributed by atoms with Gasteiger partial charge in [0.1, 0.15) is 11.2 Å². The van der Waals surface area contributed by atoms with Crippen LogP contribution in [0.4, 0.5) is 0 Å². The van der Waals surface area contributed by atoms with Crippen LogP contribution in [0.25, 0.3) is 0 Å². The minimum absolute atomic E-state index is 0. The third-order valence-corrected chi connectivity index (χ3v) is 2.51. The number of carboxylic acids is 6. The molecule has 0 aromatic carbocycles. The molecule has 0 aliphatic carbocycles. The van der Waals surface area contributed by atoms with Gasteiger partial charge >= 0.3 is 223 Å². The van der Waals surface area contributed by atoms with Gasteiger partial charge < -0.3 is 73.9 Å². The number of hydrogen-bond acceptors (Lipinski definition) is 14. The van der Waals surface area contributed by atoms with Crippen molar-refractivity contribution in [1.29, 1.82) is 0 Å². The molecule has 0 rings (SSSR count). The predicted molar refractivity (Wildman–Crippen MR) is 79.0 cm³/mol. The van der Waals surface area contributed by atoms with Crippen molar-refractivity contribution in [2.45, 2.75) is 36.9 Å². The molecule has 154 valence electrons. The van der Waals surface area contributed by atoms with Gasteiger partial charge in [-0.2, -0.15) is 0 Å². The first-order valence-corrected chi connectivity index (χ1v) is 6.23. The zero-order valence-electron chi connectivity index (χ0n) is 20.7. The minimum atomic E-state index is -2.97. The monoisotopic (exact) mass is 570 g/mol. The van der Waals surface area contributed by atoms with Crippen LogP contribution in [0.15, 0.2) is 0 Å². The van der Waals surface area contributed by atoms with Gasteiger partial charge in [-0.05, 0) is 0 Å². The Balaban J connectivity index is -0.0000000291. The summed E-state index contributed by atoms with van der Waals surface area (Å²) in [6.07, 6.45) is -5.43. The molecule has 0 bridgehead atoms. The Morgan fingerprint density at radius 2 is 0.625 bits per heavy atom. The third-order valence-electron chi connectivity index (χ3n) is 2.51. The molecule has 0 amide bonds. The van der Waals surface area contributed by atoms with Crippen LogP contribution in [-0.2, 0) is 28.8 Å². The van der Waals surface area contributed by atoms with Crippen LogP contribution >= 0.6 is 0 Å². The first-order chi connectivity index (χ1) is 11.6. The maximum Gasteiger partial charge on any atom is 2.00 e. The van der Waals surface area contributed by atoms with Gasteiger partial charge in [0, 0.05) is 49.6 Å². The van der Waals surface area contributed by atoms with Gasteiger partial charge in [-0.1, -0.05) is 0 Å². The molecule has 0 spiro atoms. The maximum atomic E-state index is 10.1. The summed E-state index contributed by atoms with van der Waals surface area (Å²) in [6, 6.07) is 0. The average Bonchev–Trinajstić information content (AvgIpc) is 2.34. The van der Waals surface area contributed by atoms with E-state index in [2.05, 4.69) is 0 Å². The minimum Gasteiger partial charge on any atom is -1.00 e. The van der Waals surface area contributed by atoms with E-state index in [1.165, 1.54) is 0 Å². The third kappa shape index (κ3) is 28.5. The topological polar surface area (TPSA) is 281 Å². The van der Waals surface area contributed by atoms with E-state index in [9.17, 15) is 59.4 Å². The maximum absolute atomic E-state index is 10.1. The zero-order chi connectivity index (χ0) is 21.3. The number of aliphatic carboxylic acids is 6. The summed E-state index contributed by atoms with van der Waals surface area (Å²) < 4.78 is 0. The zero-order valence-corrected chi connectivity index (χ0v) is 31.4. The van der Waals surface area contributed by atoms with Gasteiger partial charge in [0.2, 0.25) is 0 Å². The summed E-state index contributed by atoms with van der Waals surface area (Å²) in [5.41, 5.74) is -5.95. The molecule has 0 saturated carbocycles. The average molecular weight is 571 g/mol. The van der Waals surface area contributed by atoms with Crippen molar-refractivity contribution < 1.29 is 228 Å². The van der Waals surface area contributed by atoms with Crippen molar-refractivity contribution >= 4 is 105 Å². The van der Waals surface area contributed by atoms with E-state index in [0.717, 1.165) is 0 Å². The molecule has 0 aliphatic heterocycles. The molecule has 0 radical (unpaired) electrons. The van der Waals surface area contributed by atoms with Crippen molar-refractivity contribution in [3.8, 4) is 0 Å². The van der Waals surface area contributed by atoms with Gasteiger partial charge in [-0.15, -0.1) is 0 Å². The van der Waals surface area contributed by atoms with Crippen LogP contribution in [-0.4, -0.2) is 126 Å². The van der Waals surface area contributed by atoms with Crippen LogP contribution in [0.5, 0.6) is 0 Å². The number of carbonyl (C=O) groups excluding carboxylic acids is 6. The molecule has 14 nitrogen and oxygen atoms in total. The Kier molecular flexibility index (Phi) is 49.1. The summed E-state index contributed by atoms with van der Waals surface area (Å²) in [6.45, 7) is 0. The second-order valence-electron chi connectivity index (χ2n) is 4.83. The first kappa shape index (κ1) is 56.2. The van der Waals surface area contributed by atoms with Crippen LogP contribution in [0, 0.1) is 0 Å². The molecule has 0 aromatic heterocycles. The Hall–Kier alpha value is 3.95. The predicted octanol–water partition coefficient (Wildman–Crippen LogP) is -20.3. The number of aliphatic hydroxyl groups is 2. The molecular formula is C12H13K3Mg3O14. The Morgan fingerprint density at radius 3 is 0.688 bits per heavy atom. The number of carboxylic acid groups (broad SMARTS) is 6. The molecule has 0 heterocycles. The van der Waals surface area contributed by atoms with Crippen molar-refractivity contribution in [3.05, 3.63) is 0 Å². The van der Waals surface area contributed by atoms with E-state index >= 15 is 0 Å². The largest absolute Gasteiger partial charge is 2.00 e. The molecule has 0 unspecified atom stereocenters. The normalized spacial score (nSPS) is 8.81. The van der Waals surface area contributed by atoms with Crippen LogP contribution in [0.1, 0.15) is 30.0 Å². The van der Waals surface area contributed by atoms with Gasteiger partial charge in [-0.3, -0.25) is 0 Å². The molecule has 0 aromatic rings. The molecule has 32 heavy (non-hydrogen) atoms. The summed E-state index contributed by atoms with van der Waals surface area (Å²) in [7, 11) is 0. The molecule has 0 fully saturated rings. The van der Waals surface area contributed by atoms with Gasteiger partial charge in [-0.25, -0.2) is 0 Å². The summed E-state index contributed by atoms with van der Waals surface area (Å²) >= 11 is 0. The first-order valence-electron chi connectivity index (χ1n) is 6.23. The van der Waals surface area contributed by atoms with E-state index < -0.39 is 72.7 Å². The Bertz CT molecular complexity index is 550. The summed E-state index contributed by atoms with van der Waals surface area (Å²) in [5, 5.41) is 77.9. The van der Waals surface area contributed by atoms with Crippen molar-refractivity contribution in [2.24, 2.45) is 0 Å². The Morgan fingerprint density at radius 1 is 0.500 bits per heavy atom. The molecule has 0 aliphatic rings. The molecule has 20 heteroatoms. The number of hydrogen-bond donors (Lipinski definition) is 2. The van der Waals surface area contributed by atoms with Gasteiger partial charge in [0.05, 0.1) is 11.9 Å². The van der Waals surface area contributed by atoms with Gasteiger partial charge in [0.25, 0.3) is 0 Å². The van der Waals surface area contributed by atoms with Crippen LogP contribution < -0.4 is 185 Å². The smallest absolute Gasteiger partial charge is 1.00 e. The molecule has 2 N–H and O–H groups in total. The van der Waals surface area contributed by atoms with Crippen molar-refractivity contribution in [2.75, 3.05) is 0 Å². The van der Waals surface area contributed by atoms with Crippen molar-refractivity contribution in [1.82, 2.24) is 0 Å². The van der Waals surface area contributed by atoms with Crippen molar-refractivity contribution in [3.63, 3.8) is 0 Å². The van der Waals surface area contributed by atoms with E-state index in [1.807, 2.05) is 0 Å². The fourth-order valence-corrected chi connectivity index (χ4v) is 1.37. The van der Waals surface area contributed by atoms with E-state index in [1.54, 1.807) is 0 Å². The fraction of sp³-hybridized carbons (Fsp3) is 0.500. The second kappa shape index (κ2) is 28.0. The van der Waals surface area contributed by atoms with Crippen LogP contribution in [0.3, 0.4) is 0 Å². The standard InChI is InChI=1S/2C6H8O7.3K.3Mg.3H/c2*7-3(8)1-6(13,5(11)12)2-4(9)10;;;;;;;;;/h2*13H,1-2H2,(H,7,8)(H,9,10)(H,11,12);;;;;;;;;/q;;3*+1;3*+2;3*-1/p-6.